The molecule has 2 aromatic carbocycles. The maximum absolute atomic E-state index is 11.0. The van der Waals surface area contributed by atoms with Crippen LogP contribution in [0.5, 0.6) is 5.88 Å². The van der Waals surface area contributed by atoms with E-state index >= 15 is 0 Å². The van der Waals surface area contributed by atoms with E-state index in [0.717, 1.165) is 22.5 Å². The molecule has 0 saturated heterocycles. The molecule has 1 heterocycles. The first-order chi connectivity index (χ1) is 11.7. The van der Waals surface area contributed by atoms with Crippen LogP contribution in [-0.2, 0) is 5.41 Å². The second-order valence-electron chi connectivity index (χ2n) is 7.84. The summed E-state index contributed by atoms with van der Waals surface area (Å²) in [6.45, 7) is 12.5. The Morgan fingerprint density at radius 1 is 0.880 bits per heavy atom. The van der Waals surface area contributed by atoms with E-state index in [1.54, 1.807) is 4.68 Å². The summed E-state index contributed by atoms with van der Waals surface area (Å²) in [6.07, 6.45) is 0. The van der Waals surface area contributed by atoms with Crippen molar-refractivity contribution in [3.63, 3.8) is 0 Å². The Balaban J connectivity index is 2.25. The van der Waals surface area contributed by atoms with E-state index in [-0.39, 0.29) is 11.3 Å². The molecule has 3 rings (SSSR count). The molecule has 0 radical (unpaired) electrons. The highest BCUT2D eigenvalue weighted by molar-refractivity contribution is 5.68. The molecule has 0 amide bonds. The van der Waals surface area contributed by atoms with Crippen LogP contribution in [0.25, 0.3) is 16.9 Å². The molecule has 0 spiro atoms. The largest absolute Gasteiger partial charge is 0.493 e. The van der Waals surface area contributed by atoms with Crippen LogP contribution in [0, 0.1) is 20.8 Å². The number of aromatic hydroxyl groups is 1. The molecule has 0 bridgehead atoms. The van der Waals surface area contributed by atoms with Crippen LogP contribution >= 0.6 is 0 Å². The smallest absolute Gasteiger partial charge is 0.218 e. The van der Waals surface area contributed by atoms with Gasteiger partial charge in [0.05, 0.1) is 5.69 Å². The Bertz CT molecular complexity index is 912. The predicted octanol–water partition coefficient (Wildman–Crippen LogP) is 5.47. The minimum atomic E-state index is -0.220. The number of nitrogens with zero attached hydrogens (tertiary/aromatic N) is 2. The van der Waals surface area contributed by atoms with Gasteiger partial charge in [-0.2, -0.15) is 5.10 Å². The molecule has 25 heavy (non-hydrogen) atoms. The molecule has 3 heteroatoms. The number of aromatic nitrogens is 2. The van der Waals surface area contributed by atoms with Gasteiger partial charge in [0.2, 0.25) is 5.88 Å². The zero-order valence-electron chi connectivity index (χ0n) is 15.9. The van der Waals surface area contributed by atoms with Crippen LogP contribution in [0.1, 0.15) is 43.0 Å². The van der Waals surface area contributed by atoms with Gasteiger partial charge in [-0.15, -0.1) is 0 Å². The highest BCUT2D eigenvalue weighted by atomic mass is 16.3. The molecule has 1 aromatic heterocycles. The first kappa shape index (κ1) is 17.3. The van der Waals surface area contributed by atoms with Crippen molar-refractivity contribution in [2.75, 3.05) is 0 Å². The van der Waals surface area contributed by atoms with Crippen molar-refractivity contribution in [1.82, 2.24) is 9.78 Å². The maximum Gasteiger partial charge on any atom is 0.218 e. The van der Waals surface area contributed by atoms with Crippen LogP contribution < -0.4 is 0 Å². The molecule has 130 valence electrons. The second-order valence-corrected chi connectivity index (χ2v) is 7.84. The Morgan fingerprint density at radius 3 is 2.08 bits per heavy atom. The van der Waals surface area contributed by atoms with E-state index in [4.69, 9.17) is 5.10 Å². The fourth-order valence-electron chi connectivity index (χ4n) is 3.05. The van der Waals surface area contributed by atoms with E-state index in [0.29, 0.717) is 0 Å². The van der Waals surface area contributed by atoms with Gasteiger partial charge in [-0.05, 0) is 49.4 Å². The van der Waals surface area contributed by atoms with Crippen LogP contribution in [0.2, 0.25) is 0 Å². The number of hydrogen-bond donors (Lipinski definition) is 1. The standard InChI is InChI=1S/C22H26N2O/c1-14-7-10-17(11-8-14)20-19(22(4,5)6)21(25)24(23-20)18-12-9-15(2)16(3)13-18/h7-13,25H,1-6H3. The predicted molar refractivity (Wildman–Crippen MR) is 104 cm³/mol. The van der Waals surface area contributed by atoms with Gasteiger partial charge >= 0.3 is 0 Å². The van der Waals surface area contributed by atoms with Crippen molar-refractivity contribution in [3.05, 3.63) is 64.7 Å². The molecule has 0 atom stereocenters. The first-order valence-electron chi connectivity index (χ1n) is 8.65. The highest BCUT2D eigenvalue weighted by Crippen LogP contribution is 2.40. The summed E-state index contributed by atoms with van der Waals surface area (Å²) < 4.78 is 1.65. The SMILES string of the molecule is Cc1ccc(-c2nn(-c3ccc(C)c(C)c3)c(O)c2C(C)(C)C)cc1. The third kappa shape index (κ3) is 3.19. The lowest BCUT2D eigenvalue weighted by Gasteiger charge is -2.19. The molecule has 0 aliphatic heterocycles. The van der Waals surface area contributed by atoms with Gasteiger partial charge in [-0.1, -0.05) is 56.7 Å². The average Bonchev–Trinajstić information content (AvgIpc) is 2.88. The van der Waals surface area contributed by atoms with Crippen LogP contribution in [0.4, 0.5) is 0 Å². The number of rotatable bonds is 2. The second kappa shape index (κ2) is 6.07. The third-order valence-corrected chi connectivity index (χ3v) is 4.67. The van der Waals surface area contributed by atoms with Crippen molar-refractivity contribution in [1.29, 1.82) is 0 Å². The lowest BCUT2D eigenvalue weighted by molar-refractivity contribution is 0.414. The monoisotopic (exact) mass is 334 g/mol. The fourth-order valence-corrected chi connectivity index (χ4v) is 3.05. The lowest BCUT2D eigenvalue weighted by Crippen LogP contribution is -2.12. The van der Waals surface area contributed by atoms with Crippen molar-refractivity contribution in [2.45, 2.75) is 47.0 Å². The van der Waals surface area contributed by atoms with Crippen LogP contribution in [0.15, 0.2) is 42.5 Å². The van der Waals surface area contributed by atoms with Gasteiger partial charge in [0, 0.05) is 11.1 Å². The molecule has 0 aliphatic carbocycles. The summed E-state index contributed by atoms with van der Waals surface area (Å²) in [5, 5.41) is 15.8. The molecule has 3 nitrogen and oxygen atoms in total. The van der Waals surface area contributed by atoms with Crippen molar-refractivity contribution < 1.29 is 5.11 Å². The van der Waals surface area contributed by atoms with E-state index in [1.165, 1.54) is 16.7 Å². The summed E-state index contributed by atoms with van der Waals surface area (Å²) in [4.78, 5) is 0. The quantitative estimate of drug-likeness (QED) is 0.675. The Morgan fingerprint density at radius 2 is 1.52 bits per heavy atom. The summed E-state index contributed by atoms with van der Waals surface area (Å²) in [5.41, 5.74) is 7.00. The fraction of sp³-hybridized carbons (Fsp3) is 0.318. The van der Waals surface area contributed by atoms with Crippen molar-refractivity contribution in [3.8, 4) is 22.8 Å². The molecule has 3 aromatic rings. The van der Waals surface area contributed by atoms with E-state index in [9.17, 15) is 5.11 Å². The van der Waals surface area contributed by atoms with Gasteiger partial charge in [0.25, 0.3) is 0 Å². The van der Waals surface area contributed by atoms with E-state index < -0.39 is 0 Å². The first-order valence-corrected chi connectivity index (χ1v) is 8.65. The summed E-state index contributed by atoms with van der Waals surface area (Å²) in [5.74, 6) is 0.214. The normalized spacial score (nSPS) is 11.8. The van der Waals surface area contributed by atoms with Gasteiger partial charge in [-0.3, -0.25) is 0 Å². The number of hydrogen-bond acceptors (Lipinski definition) is 2. The number of aryl methyl sites for hydroxylation is 3. The van der Waals surface area contributed by atoms with Gasteiger partial charge in [0.15, 0.2) is 0 Å². The molecule has 0 fully saturated rings. The molecular formula is C22H26N2O. The van der Waals surface area contributed by atoms with Gasteiger partial charge in [-0.25, -0.2) is 4.68 Å². The Hall–Kier alpha value is -2.55. The molecule has 1 N–H and O–H groups in total. The van der Waals surface area contributed by atoms with Crippen molar-refractivity contribution in [2.24, 2.45) is 0 Å². The average molecular weight is 334 g/mol. The van der Waals surface area contributed by atoms with E-state index in [1.807, 2.05) is 6.07 Å². The summed E-state index contributed by atoms with van der Waals surface area (Å²) in [6, 6.07) is 14.4. The Labute approximate surface area is 150 Å². The Kier molecular flexibility index (Phi) is 4.19. The number of benzene rings is 2. The maximum atomic E-state index is 11.0. The molecule has 0 saturated carbocycles. The van der Waals surface area contributed by atoms with Gasteiger partial charge < -0.3 is 5.11 Å². The van der Waals surface area contributed by atoms with E-state index in [2.05, 4.69) is 77.9 Å². The van der Waals surface area contributed by atoms with Gasteiger partial charge in [0.1, 0.15) is 5.69 Å². The zero-order valence-corrected chi connectivity index (χ0v) is 15.9. The highest BCUT2D eigenvalue weighted by Gasteiger charge is 2.29. The van der Waals surface area contributed by atoms with Crippen molar-refractivity contribution >= 4 is 0 Å². The molecule has 0 unspecified atom stereocenters. The molecular weight excluding hydrogens is 308 g/mol. The van der Waals surface area contributed by atoms with Crippen LogP contribution in [-0.4, -0.2) is 14.9 Å². The van der Waals surface area contributed by atoms with Crippen LogP contribution in [0.3, 0.4) is 0 Å². The third-order valence-electron chi connectivity index (χ3n) is 4.67. The minimum absolute atomic E-state index is 0.214. The lowest BCUT2D eigenvalue weighted by atomic mass is 9.85. The molecule has 0 aliphatic rings. The summed E-state index contributed by atoms with van der Waals surface area (Å²) in [7, 11) is 0. The summed E-state index contributed by atoms with van der Waals surface area (Å²) >= 11 is 0. The minimum Gasteiger partial charge on any atom is -0.493 e. The topological polar surface area (TPSA) is 38.0 Å². The zero-order chi connectivity index (χ0) is 18.4.